The highest BCUT2D eigenvalue weighted by Crippen LogP contribution is 2.01. The number of carbonyl (C=O) groups is 2. The molecule has 0 aliphatic carbocycles. The standard InChI is InChI=1S/C16H24O4/c1-12(2)16(18)19-10-9-13(3)7-6-8-14(4)11-20-15(5)17/h6-9,12H,10-11H2,1-5H3. The lowest BCUT2D eigenvalue weighted by Gasteiger charge is -2.04. The van der Waals surface area contributed by atoms with Crippen LogP contribution in [0.25, 0.3) is 0 Å². The first-order valence-corrected chi connectivity index (χ1v) is 6.63. The zero-order valence-corrected chi connectivity index (χ0v) is 12.9. The molecule has 0 bridgehead atoms. The van der Waals surface area contributed by atoms with E-state index in [-0.39, 0.29) is 24.5 Å². The number of allylic oxidation sites excluding steroid dienone is 4. The molecule has 0 unspecified atom stereocenters. The van der Waals surface area contributed by atoms with Gasteiger partial charge in [-0.05, 0) is 25.5 Å². The quantitative estimate of drug-likeness (QED) is 0.531. The molecule has 0 aromatic rings. The Morgan fingerprint density at radius 2 is 1.75 bits per heavy atom. The largest absolute Gasteiger partial charge is 0.461 e. The van der Waals surface area contributed by atoms with E-state index in [1.165, 1.54) is 6.92 Å². The fourth-order valence-corrected chi connectivity index (χ4v) is 1.12. The molecule has 20 heavy (non-hydrogen) atoms. The molecule has 0 atom stereocenters. The monoisotopic (exact) mass is 280 g/mol. The zero-order chi connectivity index (χ0) is 15.5. The van der Waals surface area contributed by atoms with E-state index in [9.17, 15) is 9.59 Å². The smallest absolute Gasteiger partial charge is 0.308 e. The van der Waals surface area contributed by atoms with Gasteiger partial charge in [0.1, 0.15) is 13.2 Å². The molecule has 0 saturated heterocycles. The Labute approximate surface area is 121 Å². The summed E-state index contributed by atoms with van der Waals surface area (Å²) in [6, 6.07) is 0. The topological polar surface area (TPSA) is 52.6 Å². The Morgan fingerprint density at radius 1 is 1.10 bits per heavy atom. The molecule has 0 aromatic heterocycles. The second kappa shape index (κ2) is 10.0. The molecule has 0 rings (SSSR count). The highest BCUT2D eigenvalue weighted by atomic mass is 16.5. The van der Waals surface area contributed by atoms with Gasteiger partial charge in [-0.25, -0.2) is 0 Å². The van der Waals surface area contributed by atoms with Gasteiger partial charge >= 0.3 is 11.9 Å². The zero-order valence-electron chi connectivity index (χ0n) is 12.9. The summed E-state index contributed by atoms with van der Waals surface area (Å²) in [5.41, 5.74) is 1.95. The number of carbonyl (C=O) groups excluding carboxylic acids is 2. The van der Waals surface area contributed by atoms with Crippen LogP contribution in [0.5, 0.6) is 0 Å². The van der Waals surface area contributed by atoms with Crippen LogP contribution in [-0.4, -0.2) is 25.2 Å². The summed E-state index contributed by atoms with van der Waals surface area (Å²) < 4.78 is 9.91. The van der Waals surface area contributed by atoms with Gasteiger partial charge in [0.05, 0.1) is 5.92 Å². The van der Waals surface area contributed by atoms with Crippen molar-refractivity contribution in [2.75, 3.05) is 13.2 Å². The number of rotatable bonds is 7. The summed E-state index contributed by atoms with van der Waals surface area (Å²) in [6.45, 7) is 9.38. The van der Waals surface area contributed by atoms with Crippen LogP contribution in [0.1, 0.15) is 34.6 Å². The Morgan fingerprint density at radius 3 is 2.30 bits per heavy atom. The number of esters is 2. The fraction of sp³-hybridized carbons (Fsp3) is 0.500. The summed E-state index contributed by atoms with van der Waals surface area (Å²) in [5, 5.41) is 0. The third-order valence-corrected chi connectivity index (χ3v) is 2.35. The predicted octanol–water partition coefficient (Wildman–Crippen LogP) is 3.20. The van der Waals surface area contributed by atoms with Gasteiger partial charge in [0.25, 0.3) is 0 Å². The van der Waals surface area contributed by atoms with Crippen LogP contribution < -0.4 is 0 Å². The van der Waals surface area contributed by atoms with Gasteiger partial charge in [-0.1, -0.05) is 37.6 Å². The lowest BCUT2D eigenvalue weighted by atomic mass is 10.2. The van der Waals surface area contributed by atoms with Gasteiger partial charge in [0, 0.05) is 6.92 Å². The van der Waals surface area contributed by atoms with Crippen LogP contribution in [-0.2, 0) is 19.1 Å². The lowest BCUT2D eigenvalue weighted by molar-refractivity contribution is -0.146. The molecule has 0 heterocycles. The summed E-state index contributed by atoms with van der Waals surface area (Å²) in [6.07, 6.45) is 7.49. The summed E-state index contributed by atoms with van der Waals surface area (Å²) >= 11 is 0. The summed E-state index contributed by atoms with van der Waals surface area (Å²) in [7, 11) is 0. The minimum Gasteiger partial charge on any atom is -0.461 e. The Balaban J connectivity index is 4.14. The Hall–Kier alpha value is -1.84. The van der Waals surface area contributed by atoms with Crippen molar-refractivity contribution in [3.05, 3.63) is 35.5 Å². The van der Waals surface area contributed by atoms with Crippen molar-refractivity contribution in [3.63, 3.8) is 0 Å². The second-order valence-electron chi connectivity index (χ2n) is 4.89. The molecular weight excluding hydrogens is 256 g/mol. The number of ether oxygens (including phenoxy) is 2. The SMILES string of the molecule is CC(=O)OCC(C)=CC=CC(C)=CCOC(=O)C(C)C. The third kappa shape index (κ3) is 10.1. The minimum absolute atomic E-state index is 0.105. The fourth-order valence-electron chi connectivity index (χ4n) is 1.12. The van der Waals surface area contributed by atoms with Crippen LogP contribution in [0.3, 0.4) is 0 Å². The van der Waals surface area contributed by atoms with Crippen molar-refractivity contribution in [2.24, 2.45) is 5.92 Å². The van der Waals surface area contributed by atoms with E-state index in [1.807, 2.05) is 38.2 Å². The minimum atomic E-state index is -0.287. The van der Waals surface area contributed by atoms with Crippen molar-refractivity contribution in [1.29, 1.82) is 0 Å². The van der Waals surface area contributed by atoms with Crippen LogP contribution in [0, 0.1) is 5.92 Å². The molecule has 0 saturated carbocycles. The molecular formula is C16H24O4. The molecule has 0 amide bonds. The van der Waals surface area contributed by atoms with E-state index >= 15 is 0 Å². The van der Waals surface area contributed by atoms with E-state index < -0.39 is 0 Å². The van der Waals surface area contributed by atoms with E-state index in [0.717, 1.165) is 11.1 Å². The third-order valence-electron chi connectivity index (χ3n) is 2.35. The van der Waals surface area contributed by atoms with Crippen molar-refractivity contribution < 1.29 is 19.1 Å². The molecule has 0 aliphatic heterocycles. The van der Waals surface area contributed by atoms with Crippen LogP contribution in [0.15, 0.2) is 35.5 Å². The molecule has 4 heteroatoms. The highest BCUT2D eigenvalue weighted by molar-refractivity contribution is 5.71. The van der Waals surface area contributed by atoms with Crippen molar-refractivity contribution >= 4 is 11.9 Å². The van der Waals surface area contributed by atoms with Crippen molar-refractivity contribution in [3.8, 4) is 0 Å². The van der Waals surface area contributed by atoms with Gasteiger partial charge in [-0.15, -0.1) is 0 Å². The van der Waals surface area contributed by atoms with Crippen LogP contribution in [0.4, 0.5) is 0 Å². The van der Waals surface area contributed by atoms with Gasteiger partial charge in [-0.2, -0.15) is 0 Å². The molecule has 0 radical (unpaired) electrons. The second-order valence-corrected chi connectivity index (χ2v) is 4.89. The first-order valence-electron chi connectivity index (χ1n) is 6.63. The van der Waals surface area contributed by atoms with Crippen molar-refractivity contribution in [1.82, 2.24) is 0 Å². The van der Waals surface area contributed by atoms with Gasteiger partial charge < -0.3 is 9.47 Å². The van der Waals surface area contributed by atoms with E-state index in [1.54, 1.807) is 13.8 Å². The average molecular weight is 280 g/mol. The molecule has 0 aliphatic rings. The van der Waals surface area contributed by atoms with Crippen LogP contribution in [0.2, 0.25) is 0 Å². The van der Waals surface area contributed by atoms with Gasteiger partial charge in [0.15, 0.2) is 0 Å². The summed E-state index contributed by atoms with van der Waals surface area (Å²) in [5.74, 6) is -0.592. The molecule has 0 fully saturated rings. The van der Waals surface area contributed by atoms with Crippen LogP contribution >= 0.6 is 0 Å². The maximum atomic E-state index is 11.2. The van der Waals surface area contributed by atoms with Gasteiger partial charge in [-0.3, -0.25) is 9.59 Å². The highest BCUT2D eigenvalue weighted by Gasteiger charge is 2.06. The lowest BCUT2D eigenvalue weighted by Crippen LogP contribution is -2.11. The first-order chi connectivity index (χ1) is 9.32. The molecule has 0 N–H and O–H groups in total. The van der Waals surface area contributed by atoms with Crippen molar-refractivity contribution in [2.45, 2.75) is 34.6 Å². The van der Waals surface area contributed by atoms with E-state index in [4.69, 9.17) is 9.47 Å². The number of hydrogen-bond donors (Lipinski definition) is 0. The summed E-state index contributed by atoms with van der Waals surface area (Å²) in [4.78, 5) is 21.9. The molecule has 0 spiro atoms. The molecule has 4 nitrogen and oxygen atoms in total. The normalized spacial score (nSPS) is 12.9. The van der Waals surface area contributed by atoms with E-state index in [2.05, 4.69) is 0 Å². The first kappa shape index (κ1) is 18.2. The maximum absolute atomic E-state index is 11.2. The average Bonchev–Trinajstić information content (AvgIpc) is 2.36. The van der Waals surface area contributed by atoms with Gasteiger partial charge in [0.2, 0.25) is 0 Å². The molecule has 112 valence electrons. The Kier molecular flexibility index (Phi) is 9.09. The Bertz CT molecular complexity index is 414. The van der Waals surface area contributed by atoms with E-state index in [0.29, 0.717) is 6.61 Å². The molecule has 0 aromatic carbocycles. The predicted molar refractivity (Wildman–Crippen MR) is 79.1 cm³/mol. The number of hydrogen-bond acceptors (Lipinski definition) is 4. The maximum Gasteiger partial charge on any atom is 0.308 e.